The van der Waals surface area contributed by atoms with Gasteiger partial charge in [0, 0.05) is 13.1 Å². The summed E-state index contributed by atoms with van der Waals surface area (Å²) in [5, 5.41) is 2.31. The number of hydrogen-bond donors (Lipinski definition) is 1. The minimum absolute atomic E-state index is 0.163. The second kappa shape index (κ2) is 5.91. The van der Waals surface area contributed by atoms with Crippen LogP contribution >= 0.6 is 11.6 Å². The van der Waals surface area contributed by atoms with Crippen LogP contribution in [-0.2, 0) is 4.79 Å². The van der Waals surface area contributed by atoms with E-state index in [2.05, 4.69) is 5.32 Å². The molecule has 1 saturated carbocycles. The van der Waals surface area contributed by atoms with Gasteiger partial charge in [0.25, 0.3) is 0 Å². The maximum Gasteiger partial charge on any atom is 0.324 e. The summed E-state index contributed by atoms with van der Waals surface area (Å²) in [5.74, 6) is -0.580. The number of carbonyl (C=O) groups is 2. The molecule has 0 aromatic carbocycles. The fourth-order valence-electron chi connectivity index (χ4n) is 3.22. The number of alkyl halides is 1. The van der Waals surface area contributed by atoms with Crippen LogP contribution in [0.1, 0.15) is 44.9 Å². The predicted molar refractivity (Wildman–Crippen MR) is 70.6 cm³/mol. The fourth-order valence-corrected chi connectivity index (χ4v) is 3.28. The molecule has 0 radical (unpaired) electrons. The summed E-state index contributed by atoms with van der Waals surface area (Å²) in [5.41, 5.74) is 0.478. The van der Waals surface area contributed by atoms with Crippen molar-refractivity contribution in [2.24, 2.45) is 5.41 Å². The highest BCUT2D eigenvalue weighted by Gasteiger charge is 2.36. The maximum atomic E-state index is 11.8. The third-order valence-corrected chi connectivity index (χ3v) is 4.64. The second-order valence-corrected chi connectivity index (χ2v) is 5.80. The van der Waals surface area contributed by atoms with Gasteiger partial charge in [-0.1, -0.05) is 19.3 Å². The zero-order chi connectivity index (χ0) is 13.0. The van der Waals surface area contributed by atoms with Gasteiger partial charge in [0.1, 0.15) is 5.88 Å². The number of urea groups is 1. The lowest BCUT2D eigenvalue weighted by Crippen LogP contribution is -2.49. The number of rotatable bonds is 1. The average molecular weight is 273 g/mol. The molecule has 1 aliphatic heterocycles. The molecular formula is C13H21ClN2O2. The zero-order valence-electron chi connectivity index (χ0n) is 10.7. The van der Waals surface area contributed by atoms with Crippen molar-refractivity contribution in [3.8, 4) is 0 Å². The van der Waals surface area contributed by atoms with Crippen LogP contribution in [0.4, 0.5) is 4.79 Å². The van der Waals surface area contributed by atoms with Crippen LogP contribution in [0.5, 0.6) is 0 Å². The molecule has 1 N–H and O–H groups in total. The third-order valence-electron chi connectivity index (χ3n) is 4.39. The van der Waals surface area contributed by atoms with Crippen molar-refractivity contribution >= 4 is 23.5 Å². The monoisotopic (exact) mass is 272 g/mol. The summed E-state index contributed by atoms with van der Waals surface area (Å²) in [4.78, 5) is 24.6. The topological polar surface area (TPSA) is 49.4 Å². The van der Waals surface area contributed by atoms with Crippen LogP contribution in [0.2, 0.25) is 0 Å². The summed E-state index contributed by atoms with van der Waals surface area (Å²) in [7, 11) is 0. The Balaban J connectivity index is 1.82. The van der Waals surface area contributed by atoms with E-state index < -0.39 is 5.91 Å². The van der Waals surface area contributed by atoms with Crippen LogP contribution in [0.3, 0.4) is 0 Å². The molecule has 2 fully saturated rings. The first-order valence-electron chi connectivity index (χ1n) is 6.80. The van der Waals surface area contributed by atoms with Gasteiger partial charge in [-0.05, 0) is 31.1 Å². The smallest absolute Gasteiger partial charge is 0.324 e. The molecule has 0 atom stereocenters. The zero-order valence-corrected chi connectivity index (χ0v) is 11.5. The highest BCUT2D eigenvalue weighted by Crippen LogP contribution is 2.44. The van der Waals surface area contributed by atoms with Gasteiger partial charge >= 0.3 is 6.03 Å². The molecule has 18 heavy (non-hydrogen) atoms. The second-order valence-electron chi connectivity index (χ2n) is 5.53. The number of carbonyl (C=O) groups excluding carboxylic acids is 2. The largest absolute Gasteiger partial charge is 0.324 e. The quantitative estimate of drug-likeness (QED) is 0.746. The van der Waals surface area contributed by atoms with Crippen LogP contribution in [0.25, 0.3) is 0 Å². The Kier molecular flexibility index (Phi) is 4.49. The minimum Gasteiger partial charge on any atom is -0.324 e. The van der Waals surface area contributed by atoms with Gasteiger partial charge in [-0.2, -0.15) is 0 Å². The lowest BCUT2D eigenvalue weighted by molar-refractivity contribution is -0.117. The Labute approximate surface area is 113 Å². The number of nitrogens with one attached hydrogen (secondary N) is 1. The van der Waals surface area contributed by atoms with Gasteiger partial charge in [0.15, 0.2) is 0 Å². The molecule has 1 saturated heterocycles. The average Bonchev–Trinajstić information content (AvgIpc) is 2.40. The molecule has 0 bridgehead atoms. The summed E-state index contributed by atoms with van der Waals surface area (Å²) in [6, 6.07) is -0.286. The van der Waals surface area contributed by atoms with Crippen molar-refractivity contribution in [2.75, 3.05) is 19.0 Å². The predicted octanol–water partition coefficient (Wildman–Crippen LogP) is 2.51. The van der Waals surface area contributed by atoms with E-state index in [-0.39, 0.29) is 11.9 Å². The highest BCUT2D eigenvalue weighted by atomic mass is 35.5. The molecule has 4 nitrogen and oxygen atoms in total. The molecule has 1 aliphatic carbocycles. The molecule has 0 unspecified atom stereocenters. The first-order valence-corrected chi connectivity index (χ1v) is 7.33. The number of nitrogens with zero attached hydrogens (tertiary/aromatic N) is 1. The fraction of sp³-hybridized carbons (Fsp3) is 0.846. The van der Waals surface area contributed by atoms with E-state index in [0.717, 1.165) is 25.9 Å². The number of amides is 3. The van der Waals surface area contributed by atoms with Gasteiger partial charge in [0.2, 0.25) is 5.91 Å². The molecule has 2 aliphatic rings. The molecule has 1 heterocycles. The summed E-state index contributed by atoms with van der Waals surface area (Å²) < 4.78 is 0. The van der Waals surface area contributed by atoms with Crippen molar-refractivity contribution in [1.82, 2.24) is 10.2 Å². The van der Waals surface area contributed by atoms with Gasteiger partial charge < -0.3 is 4.90 Å². The lowest BCUT2D eigenvalue weighted by atomic mass is 9.68. The van der Waals surface area contributed by atoms with E-state index >= 15 is 0 Å². The Bertz CT molecular complexity index is 317. The Morgan fingerprint density at radius 3 is 2.22 bits per heavy atom. The van der Waals surface area contributed by atoms with Gasteiger partial charge in [-0.15, -0.1) is 11.6 Å². The summed E-state index contributed by atoms with van der Waals surface area (Å²) in [6.07, 6.45) is 8.79. The molecule has 2 rings (SSSR count). The number of halogens is 1. The molecule has 3 amide bonds. The third kappa shape index (κ3) is 3.16. The van der Waals surface area contributed by atoms with Crippen LogP contribution < -0.4 is 5.32 Å². The number of likely N-dealkylation sites (tertiary alicyclic amines) is 1. The molecule has 0 aromatic heterocycles. The van der Waals surface area contributed by atoms with E-state index in [1.165, 1.54) is 32.1 Å². The van der Waals surface area contributed by atoms with E-state index in [9.17, 15) is 9.59 Å². The molecule has 1 spiro atoms. The Hall–Kier alpha value is -0.770. The summed E-state index contributed by atoms with van der Waals surface area (Å²) in [6.45, 7) is 1.53. The van der Waals surface area contributed by atoms with Gasteiger partial charge in [-0.3, -0.25) is 10.1 Å². The van der Waals surface area contributed by atoms with Crippen LogP contribution in [0.15, 0.2) is 0 Å². The number of piperidine rings is 1. The standard InChI is InChI=1S/C13H21ClN2O2/c14-10-11(17)15-12(18)16-8-6-13(7-9-16)4-2-1-3-5-13/h1-10H2,(H,15,17,18). The number of hydrogen-bond acceptors (Lipinski definition) is 2. The normalized spacial score (nSPS) is 22.8. The van der Waals surface area contributed by atoms with Gasteiger partial charge in [0.05, 0.1) is 0 Å². The van der Waals surface area contributed by atoms with Crippen molar-refractivity contribution in [3.63, 3.8) is 0 Å². The minimum atomic E-state index is -0.417. The SMILES string of the molecule is O=C(CCl)NC(=O)N1CCC2(CCCCC2)CC1. The summed E-state index contributed by atoms with van der Waals surface area (Å²) >= 11 is 5.37. The van der Waals surface area contributed by atoms with E-state index in [1.807, 2.05) is 0 Å². The van der Waals surface area contributed by atoms with Gasteiger partial charge in [-0.25, -0.2) is 4.79 Å². The Morgan fingerprint density at radius 2 is 1.67 bits per heavy atom. The maximum absolute atomic E-state index is 11.8. The first-order chi connectivity index (χ1) is 8.65. The van der Waals surface area contributed by atoms with Crippen molar-refractivity contribution in [3.05, 3.63) is 0 Å². The Morgan fingerprint density at radius 1 is 1.06 bits per heavy atom. The van der Waals surface area contributed by atoms with Crippen molar-refractivity contribution in [2.45, 2.75) is 44.9 Å². The van der Waals surface area contributed by atoms with E-state index in [1.54, 1.807) is 4.90 Å². The van der Waals surface area contributed by atoms with E-state index in [0.29, 0.717) is 5.41 Å². The van der Waals surface area contributed by atoms with E-state index in [4.69, 9.17) is 11.6 Å². The van der Waals surface area contributed by atoms with Crippen LogP contribution in [0, 0.1) is 5.41 Å². The lowest BCUT2D eigenvalue weighted by Gasteiger charge is -2.44. The molecule has 102 valence electrons. The van der Waals surface area contributed by atoms with Crippen LogP contribution in [-0.4, -0.2) is 35.8 Å². The highest BCUT2D eigenvalue weighted by molar-refractivity contribution is 6.28. The molecular weight excluding hydrogens is 252 g/mol. The first kappa shape index (κ1) is 13.7. The molecule has 5 heteroatoms. The number of imide groups is 1. The van der Waals surface area contributed by atoms with Crippen molar-refractivity contribution in [1.29, 1.82) is 0 Å². The van der Waals surface area contributed by atoms with Crippen molar-refractivity contribution < 1.29 is 9.59 Å². The molecule has 0 aromatic rings.